The van der Waals surface area contributed by atoms with Gasteiger partial charge in [0.25, 0.3) is 0 Å². The second kappa shape index (κ2) is 12.3. The Labute approximate surface area is 329 Å². The SMILES string of the molecule is c1ccc(N2c3ccccc3-c3c(n(-c4cccc(-n5c6c(c7ccccc75)-c5ccccc5Sc5ccccc5-6)c4)c4ccccc34)-c3ccccc32)cc1. The Kier molecular flexibility index (Phi) is 6.86. The summed E-state index contributed by atoms with van der Waals surface area (Å²) in [6.45, 7) is 0. The van der Waals surface area contributed by atoms with E-state index in [1.54, 1.807) is 0 Å². The summed E-state index contributed by atoms with van der Waals surface area (Å²) < 4.78 is 5.00. The van der Waals surface area contributed by atoms with Gasteiger partial charge in [-0.05, 0) is 72.3 Å². The van der Waals surface area contributed by atoms with Crippen molar-refractivity contribution in [3.63, 3.8) is 0 Å². The van der Waals surface area contributed by atoms with Crippen molar-refractivity contribution in [3.8, 4) is 56.1 Å². The third-order valence-electron chi connectivity index (χ3n) is 11.4. The molecule has 8 aromatic carbocycles. The van der Waals surface area contributed by atoms with Crippen LogP contribution in [0.2, 0.25) is 0 Å². The Hall–Kier alpha value is -7.01. The summed E-state index contributed by atoms with van der Waals surface area (Å²) in [6, 6.07) is 73.3. The number of benzene rings is 8. The third-order valence-corrected chi connectivity index (χ3v) is 12.6. The monoisotopic (exact) mass is 731 g/mol. The molecule has 4 heteroatoms. The van der Waals surface area contributed by atoms with Gasteiger partial charge < -0.3 is 14.0 Å². The van der Waals surface area contributed by atoms with Gasteiger partial charge in [0.2, 0.25) is 0 Å². The van der Waals surface area contributed by atoms with E-state index < -0.39 is 0 Å². The molecule has 2 aliphatic rings. The number of anilines is 3. The molecule has 2 aliphatic heterocycles. The molecule has 0 saturated carbocycles. The molecule has 0 atom stereocenters. The Balaban J connectivity index is 1.17. The largest absolute Gasteiger partial charge is 0.309 e. The summed E-state index contributed by atoms with van der Waals surface area (Å²) in [5.74, 6) is 0. The predicted octanol–water partition coefficient (Wildman–Crippen LogP) is 14.5. The lowest BCUT2D eigenvalue weighted by atomic mass is 9.98. The molecule has 2 aromatic heterocycles. The van der Waals surface area contributed by atoms with Crippen LogP contribution >= 0.6 is 11.8 Å². The van der Waals surface area contributed by atoms with Crippen LogP contribution in [-0.2, 0) is 0 Å². The highest BCUT2D eigenvalue weighted by Gasteiger charge is 2.32. The lowest BCUT2D eigenvalue weighted by Gasteiger charge is -2.27. The van der Waals surface area contributed by atoms with E-state index in [4.69, 9.17) is 0 Å². The first-order valence-electron chi connectivity index (χ1n) is 19.1. The molecule has 0 spiro atoms. The van der Waals surface area contributed by atoms with Gasteiger partial charge in [-0.2, -0.15) is 0 Å². The zero-order chi connectivity index (χ0) is 36.7. The minimum absolute atomic E-state index is 1.11. The number of hydrogen-bond acceptors (Lipinski definition) is 2. The van der Waals surface area contributed by atoms with Crippen LogP contribution in [-0.4, -0.2) is 9.13 Å². The maximum absolute atomic E-state index is 2.50. The number of rotatable bonds is 3. The number of aromatic nitrogens is 2. The van der Waals surface area contributed by atoms with Crippen LogP contribution < -0.4 is 4.90 Å². The van der Waals surface area contributed by atoms with Crippen LogP contribution in [0.4, 0.5) is 17.1 Å². The highest BCUT2D eigenvalue weighted by atomic mass is 32.2. The van der Waals surface area contributed by atoms with Gasteiger partial charge >= 0.3 is 0 Å². The Morgan fingerprint density at radius 1 is 0.321 bits per heavy atom. The van der Waals surface area contributed by atoms with Crippen molar-refractivity contribution in [2.75, 3.05) is 4.90 Å². The van der Waals surface area contributed by atoms with Crippen LogP contribution in [0.3, 0.4) is 0 Å². The van der Waals surface area contributed by atoms with Gasteiger partial charge in [0.05, 0.1) is 33.8 Å². The van der Waals surface area contributed by atoms with Gasteiger partial charge in [-0.1, -0.05) is 145 Å². The molecule has 262 valence electrons. The first kappa shape index (κ1) is 31.4. The molecule has 0 fully saturated rings. The van der Waals surface area contributed by atoms with Gasteiger partial charge in [-0.15, -0.1) is 0 Å². The topological polar surface area (TPSA) is 13.1 Å². The fourth-order valence-corrected chi connectivity index (χ4v) is 10.3. The van der Waals surface area contributed by atoms with E-state index in [0.717, 1.165) is 22.7 Å². The highest BCUT2D eigenvalue weighted by molar-refractivity contribution is 7.99. The average molecular weight is 732 g/mol. The van der Waals surface area contributed by atoms with Gasteiger partial charge in [0, 0.05) is 65.4 Å². The predicted molar refractivity (Wildman–Crippen MR) is 234 cm³/mol. The van der Waals surface area contributed by atoms with Crippen LogP contribution in [0.15, 0.2) is 210 Å². The minimum atomic E-state index is 1.11. The van der Waals surface area contributed by atoms with Crippen molar-refractivity contribution < 1.29 is 0 Å². The number of fused-ring (bicyclic) bond motifs is 14. The lowest BCUT2D eigenvalue weighted by Crippen LogP contribution is -2.11. The highest BCUT2D eigenvalue weighted by Crippen LogP contribution is 2.55. The standard InChI is InChI=1S/C52H33N3S/c1-2-17-34(18-3-1)53-43-27-10-4-21-37(43)49-38-22-5-11-28-44(38)54(51(49)40-24-7-13-30-46(40)53)35-19-16-20-36(33-35)55-45-29-12-6-23-39(45)50-41-25-8-14-31-47(41)56-48-32-15-9-26-42(48)52(50)55/h1-33H. The van der Waals surface area contributed by atoms with E-state index in [2.05, 4.69) is 214 Å². The Morgan fingerprint density at radius 3 is 1.45 bits per heavy atom. The van der Waals surface area contributed by atoms with Crippen LogP contribution in [0, 0.1) is 0 Å². The quantitative estimate of drug-likeness (QED) is 0.179. The lowest BCUT2D eigenvalue weighted by molar-refractivity contribution is 1.09. The zero-order valence-electron chi connectivity index (χ0n) is 30.3. The summed E-state index contributed by atoms with van der Waals surface area (Å²) in [5, 5.41) is 2.48. The van der Waals surface area contributed by atoms with E-state index in [1.165, 1.54) is 82.1 Å². The van der Waals surface area contributed by atoms with Gasteiger partial charge in [-0.3, -0.25) is 0 Å². The molecule has 0 unspecified atom stereocenters. The minimum Gasteiger partial charge on any atom is -0.309 e. The molecule has 0 radical (unpaired) electrons. The molecule has 0 N–H and O–H groups in total. The van der Waals surface area contributed by atoms with Gasteiger partial charge in [0.15, 0.2) is 0 Å². The summed E-state index contributed by atoms with van der Waals surface area (Å²) in [4.78, 5) is 4.97. The molecule has 0 bridgehead atoms. The van der Waals surface area contributed by atoms with E-state index in [9.17, 15) is 0 Å². The molecule has 56 heavy (non-hydrogen) atoms. The van der Waals surface area contributed by atoms with Crippen molar-refractivity contribution in [1.29, 1.82) is 0 Å². The summed E-state index contributed by atoms with van der Waals surface area (Å²) in [6.07, 6.45) is 0. The van der Waals surface area contributed by atoms with Gasteiger partial charge in [-0.25, -0.2) is 0 Å². The molecule has 0 aliphatic carbocycles. The fourth-order valence-electron chi connectivity index (χ4n) is 9.21. The van der Waals surface area contributed by atoms with Crippen molar-refractivity contribution in [1.82, 2.24) is 9.13 Å². The third kappa shape index (κ3) is 4.48. The first-order valence-corrected chi connectivity index (χ1v) is 19.9. The normalized spacial score (nSPS) is 12.5. The smallest absolute Gasteiger partial charge is 0.0641 e. The van der Waals surface area contributed by atoms with Crippen LogP contribution in [0.25, 0.3) is 77.9 Å². The number of nitrogens with zero attached hydrogens (tertiary/aromatic N) is 3. The molecule has 0 saturated heterocycles. The van der Waals surface area contributed by atoms with E-state index in [-0.39, 0.29) is 0 Å². The van der Waals surface area contributed by atoms with E-state index in [0.29, 0.717) is 0 Å². The maximum Gasteiger partial charge on any atom is 0.0641 e. The van der Waals surface area contributed by atoms with Gasteiger partial charge in [0.1, 0.15) is 0 Å². The maximum atomic E-state index is 2.50. The number of hydrogen-bond donors (Lipinski definition) is 0. The molecule has 0 amide bonds. The molecule has 10 aromatic rings. The molecule has 4 heterocycles. The first-order chi connectivity index (χ1) is 27.8. The van der Waals surface area contributed by atoms with E-state index in [1.807, 2.05) is 11.8 Å². The molecular weight excluding hydrogens is 699 g/mol. The number of para-hydroxylation sites is 5. The zero-order valence-corrected chi connectivity index (χ0v) is 31.1. The van der Waals surface area contributed by atoms with Crippen molar-refractivity contribution >= 4 is 50.6 Å². The summed E-state index contributed by atoms with van der Waals surface area (Å²) >= 11 is 1.86. The Morgan fingerprint density at radius 2 is 0.768 bits per heavy atom. The average Bonchev–Trinajstić information content (AvgIpc) is 3.69. The van der Waals surface area contributed by atoms with Crippen molar-refractivity contribution in [2.24, 2.45) is 0 Å². The molecule has 3 nitrogen and oxygen atoms in total. The van der Waals surface area contributed by atoms with Crippen LogP contribution in [0.5, 0.6) is 0 Å². The van der Waals surface area contributed by atoms with Crippen molar-refractivity contribution in [2.45, 2.75) is 9.79 Å². The molecular formula is C52H33N3S. The summed E-state index contributed by atoms with van der Waals surface area (Å²) in [7, 11) is 0. The molecule has 12 rings (SSSR count). The fraction of sp³-hybridized carbons (Fsp3) is 0. The van der Waals surface area contributed by atoms with Crippen molar-refractivity contribution in [3.05, 3.63) is 200 Å². The Bertz CT molecular complexity index is 3190. The summed E-state index contributed by atoms with van der Waals surface area (Å²) in [5.41, 5.74) is 17.9. The van der Waals surface area contributed by atoms with E-state index >= 15 is 0 Å². The second-order valence-corrected chi connectivity index (χ2v) is 15.6. The van der Waals surface area contributed by atoms with Crippen LogP contribution in [0.1, 0.15) is 0 Å². The second-order valence-electron chi connectivity index (χ2n) is 14.5.